The number of rotatable bonds is 0. The molecule has 0 saturated carbocycles. The van der Waals surface area contributed by atoms with Crippen LogP contribution in [-0.2, 0) is 0 Å². The lowest BCUT2D eigenvalue weighted by Gasteiger charge is -2.38. The molecule has 0 heterocycles. The Balaban J connectivity index is 4.75. The summed E-state index contributed by atoms with van der Waals surface area (Å²) in [5, 5.41) is 9.83. The van der Waals surface area contributed by atoms with Gasteiger partial charge in [0.1, 0.15) is 0 Å². The molecule has 0 saturated heterocycles. The molecule has 0 atom stereocenters. The first kappa shape index (κ1) is 10.5. The van der Waals surface area contributed by atoms with E-state index in [0.29, 0.717) is 0 Å². The molecule has 8 heteroatoms. The molecule has 0 bridgehead atoms. The van der Waals surface area contributed by atoms with Crippen LogP contribution in [-0.4, -0.2) is 24.3 Å². The van der Waals surface area contributed by atoms with Gasteiger partial charge >= 0.3 is 12.6 Å². The standard InChI is InChI=1S/C3H3F6NO/c1-10(11,2(4,5)6)3(7,8)9/h1H3. The van der Waals surface area contributed by atoms with Crippen LogP contribution in [0.4, 0.5) is 26.3 Å². The lowest BCUT2D eigenvalue weighted by atomic mass is 10.8. The fraction of sp³-hybridized carbons (Fsp3) is 1.00. The Labute approximate surface area is 57.2 Å². The minimum atomic E-state index is -5.86. The first-order chi connectivity index (χ1) is 4.50. The van der Waals surface area contributed by atoms with Crippen LogP contribution in [0.3, 0.4) is 0 Å². The van der Waals surface area contributed by atoms with Crippen LogP contribution in [0.1, 0.15) is 0 Å². The first-order valence-electron chi connectivity index (χ1n) is 2.21. The molecule has 0 fully saturated rings. The summed E-state index contributed by atoms with van der Waals surface area (Å²) in [7, 11) is -0.514. The summed E-state index contributed by atoms with van der Waals surface area (Å²) in [4.78, 5) is 0. The van der Waals surface area contributed by atoms with Crippen molar-refractivity contribution in [3.05, 3.63) is 5.21 Å². The topological polar surface area (TPSA) is 23.1 Å². The number of nitrogens with zero attached hydrogens (tertiary/aromatic N) is 1. The van der Waals surface area contributed by atoms with Gasteiger partial charge in [-0.1, -0.05) is 0 Å². The Kier molecular flexibility index (Phi) is 2.14. The molecule has 0 spiro atoms. The second-order valence-corrected chi connectivity index (χ2v) is 1.86. The molecule has 0 N–H and O–H groups in total. The maximum atomic E-state index is 11.3. The smallest absolute Gasteiger partial charge is 0.568 e. The molecule has 11 heavy (non-hydrogen) atoms. The zero-order valence-electron chi connectivity index (χ0n) is 5.12. The molecule has 0 unspecified atom stereocenters. The summed E-state index contributed by atoms with van der Waals surface area (Å²) in [5.74, 6) is 0. The third-order valence-electron chi connectivity index (χ3n) is 0.968. The molecule has 0 aromatic carbocycles. The van der Waals surface area contributed by atoms with Gasteiger partial charge in [0, 0.05) is 0 Å². The van der Waals surface area contributed by atoms with E-state index in [4.69, 9.17) is 0 Å². The van der Waals surface area contributed by atoms with Crippen molar-refractivity contribution in [1.29, 1.82) is 0 Å². The summed E-state index contributed by atoms with van der Waals surface area (Å²) in [6, 6.07) is 0. The van der Waals surface area contributed by atoms with Crippen LogP contribution in [0.2, 0.25) is 0 Å². The number of quaternary nitrogens is 1. The summed E-state index contributed by atoms with van der Waals surface area (Å²) in [5.41, 5.74) is 0. The van der Waals surface area contributed by atoms with E-state index in [-0.39, 0.29) is 0 Å². The van der Waals surface area contributed by atoms with Crippen LogP contribution in [0.25, 0.3) is 0 Å². The average Bonchev–Trinajstić information content (AvgIpc) is 1.58. The zero-order valence-corrected chi connectivity index (χ0v) is 5.12. The lowest BCUT2D eigenvalue weighted by Crippen LogP contribution is -2.59. The van der Waals surface area contributed by atoms with E-state index in [2.05, 4.69) is 0 Å². The van der Waals surface area contributed by atoms with E-state index in [0.717, 1.165) is 0 Å². The minimum absolute atomic E-state index is 0.514. The fourth-order valence-electron chi connectivity index (χ4n) is 0.144. The second-order valence-electron chi connectivity index (χ2n) is 1.86. The summed E-state index contributed by atoms with van der Waals surface area (Å²) < 4.78 is 63.4. The van der Waals surface area contributed by atoms with E-state index >= 15 is 0 Å². The number of hydrogen-bond acceptors (Lipinski definition) is 1. The van der Waals surface area contributed by atoms with Gasteiger partial charge in [-0.15, -0.1) is 26.3 Å². The summed E-state index contributed by atoms with van der Waals surface area (Å²) in [6.07, 6.45) is -11.7. The van der Waals surface area contributed by atoms with Crippen molar-refractivity contribution in [1.82, 2.24) is 0 Å². The van der Waals surface area contributed by atoms with Crippen molar-refractivity contribution in [2.45, 2.75) is 12.6 Å². The second kappa shape index (κ2) is 2.24. The molecule has 0 aromatic rings. The van der Waals surface area contributed by atoms with Crippen LogP contribution < -0.4 is 0 Å². The molecule has 0 aromatic heterocycles. The van der Waals surface area contributed by atoms with Gasteiger partial charge in [0.05, 0.1) is 7.05 Å². The van der Waals surface area contributed by atoms with Crippen LogP contribution in [0.15, 0.2) is 0 Å². The Hall–Kier alpha value is -0.500. The van der Waals surface area contributed by atoms with Crippen molar-refractivity contribution in [2.24, 2.45) is 0 Å². The van der Waals surface area contributed by atoms with E-state index in [9.17, 15) is 31.5 Å². The molecule has 0 radical (unpaired) electrons. The van der Waals surface area contributed by atoms with Crippen molar-refractivity contribution < 1.29 is 31.0 Å². The van der Waals surface area contributed by atoms with E-state index in [1.807, 2.05) is 0 Å². The number of hydrogen-bond donors (Lipinski definition) is 0. The van der Waals surface area contributed by atoms with Crippen molar-refractivity contribution in [3.63, 3.8) is 0 Å². The van der Waals surface area contributed by atoms with Gasteiger partial charge in [0.25, 0.3) is 0 Å². The van der Waals surface area contributed by atoms with Crippen LogP contribution >= 0.6 is 0 Å². The SMILES string of the molecule is C[N+]([O-])(C(F)(F)F)C(F)(F)F. The first-order valence-corrected chi connectivity index (χ1v) is 2.21. The minimum Gasteiger partial charge on any atom is -0.620 e. The largest absolute Gasteiger partial charge is 0.620 e. The van der Waals surface area contributed by atoms with Crippen LogP contribution in [0, 0.1) is 5.21 Å². The highest BCUT2D eigenvalue weighted by atomic mass is 19.4. The molecular formula is C3H3F6NO. The maximum absolute atomic E-state index is 11.3. The quantitative estimate of drug-likeness (QED) is 0.243. The molecule has 0 amide bonds. The fourth-order valence-corrected chi connectivity index (χ4v) is 0.144. The van der Waals surface area contributed by atoms with Crippen LogP contribution in [0.5, 0.6) is 0 Å². The molecule has 0 aliphatic heterocycles. The highest BCUT2D eigenvalue weighted by Gasteiger charge is 2.63. The lowest BCUT2D eigenvalue weighted by molar-refractivity contribution is -1.06. The van der Waals surface area contributed by atoms with Gasteiger partial charge in [0.2, 0.25) is 0 Å². The third-order valence-corrected chi connectivity index (χ3v) is 0.968. The van der Waals surface area contributed by atoms with Gasteiger partial charge in [-0.05, 0) is 0 Å². The van der Waals surface area contributed by atoms with Crippen molar-refractivity contribution >= 4 is 0 Å². The van der Waals surface area contributed by atoms with Crippen molar-refractivity contribution in [2.75, 3.05) is 7.05 Å². The van der Waals surface area contributed by atoms with Crippen molar-refractivity contribution in [3.8, 4) is 0 Å². The Morgan fingerprint density at radius 1 is 0.909 bits per heavy atom. The van der Waals surface area contributed by atoms with Gasteiger partial charge in [-0.25, -0.2) is 0 Å². The highest BCUT2D eigenvalue weighted by molar-refractivity contribution is 4.42. The number of hydroxylamine groups is 3. The zero-order chi connectivity index (χ0) is 9.50. The van der Waals surface area contributed by atoms with E-state index in [1.54, 1.807) is 0 Å². The Bertz CT molecular complexity index is 129. The Morgan fingerprint density at radius 2 is 1.09 bits per heavy atom. The molecule has 68 valence electrons. The molecule has 0 rings (SSSR count). The van der Waals surface area contributed by atoms with Gasteiger partial charge in [-0.3, -0.25) is 0 Å². The maximum Gasteiger partial charge on any atom is 0.568 e. The third kappa shape index (κ3) is 1.74. The predicted molar refractivity (Wildman–Crippen MR) is 21.7 cm³/mol. The predicted octanol–water partition coefficient (Wildman–Crippen LogP) is 1.97. The number of halogens is 6. The molecule has 2 nitrogen and oxygen atoms in total. The van der Waals surface area contributed by atoms with E-state index in [1.165, 1.54) is 0 Å². The van der Waals surface area contributed by atoms with Gasteiger partial charge in [0.15, 0.2) is 0 Å². The normalized spacial score (nSPS) is 15.3. The van der Waals surface area contributed by atoms with Gasteiger partial charge < -0.3 is 5.21 Å². The summed E-state index contributed by atoms with van der Waals surface area (Å²) in [6.45, 7) is 0. The number of alkyl halides is 6. The Morgan fingerprint density at radius 3 is 1.09 bits per heavy atom. The monoisotopic (exact) mass is 183 g/mol. The van der Waals surface area contributed by atoms with Gasteiger partial charge in [-0.2, -0.15) is 4.65 Å². The highest BCUT2D eigenvalue weighted by Crippen LogP contribution is 2.38. The molecule has 0 aliphatic carbocycles. The van der Waals surface area contributed by atoms with E-state index < -0.39 is 24.3 Å². The average molecular weight is 183 g/mol. The molecule has 0 aliphatic rings. The molecular weight excluding hydrogens is 180 g/mol. The summed E-state index contributed by atoms with van der Waals surface area (Å²) >= 11 is 0.